The molecule has 0 bridgehead atoms. The fourth-order valence-electron chi connectivity index (χ4n) is 4.63. The second-order valence-corrected chi connectivity index (χ2v) is 12.5. The Kier molecular flexibility index (Phi) is 9.06. The highest BCUT2D eigenvalue weighted by Gasteiger charge is 2.33. The number of allylic oxidation sites excluding steroid dienone is 1. The first-order valence-electron chi connectivity index (χ1n) is 12.6. The van der Waals surface area contributed by atoms with Crippen LogP contribution in [0.25, 0.3) is 6.08 Å². The van der Waals surface area contributed by atoms with Gasteiger partial charge in [0.1, 0.15) is 12.4 Å². The summed E-state index contributed by atoms with van der Waals surface area (Å²) in [6.45, 7) is 2.24. The van der Waals surface area contributed by atoms with Gasteiger partial charge < -0.3 is 9.47 Å². The van der Waals surface area contributed by atoms with Gasteiger partial charge in [0.05, 0.1) is 44.2 Å². The van der Waals surface area contributed by atoms with E-state index in [2.05, 4.69) is 51.3 Å². The van der Waals surface area contributed by atoms with Gasteiger partial charge in [-0.1, -0.05) is 60.7 Å². The first-order chi connectivity index (χ1) is 19.8. The third-order valence-electron chi connectivity index (χ3n) is 6.56. The van der Waals surface area contributed by atoms with Gasteiger partial charge in [-0.3, -0.25) is 9.36 Å². The Morgan fingerprint density at radius 3 is 2.54 bits per heavy atom. The molecule has 10 heteroatoms. The van der Waals surface area contributed by atoms with Crippen molar-refractivity contribution in [2.75, 3.05) is 7.11 Å². The predicted octanol–water partition coefficient (Wildman–Crippen LogP) is 5.46. The summed E-state index contributed by atoms with van der Waals surface area (Å²) < 4.78 is 15.4. The molecular formula is C31H23I2N3O4S. The fourth-order valence-corrected chi connectivity index (χ4v) is 7.68. The van der Waals surface area contributed by atoms with E-state index in [1.807, 2.05) is 67.6 Å². The van der Waals surface area contributed by atoms with E-state index < -0.39 is 12.0 Å². The van der Waals surface area contributed by atoms with Crippen LogP contribution < -0.4 is 19.6 Å². The van der Waals surface area contributed by atoms with Gasteiger partial charge in [0, 0.05) is 9.13 Å². The van der Waals surface area contributed by atoms with Crippen molar-refractivity contribution < 1.29 is 14.3 Å². The van der Waals surface area contributed by atoms with Crippen molar-refractivity contribution in [2.45, 2.75) is 26.0 Å². The Hall–Kier alpha value is -3.28. The number of methoxy groups -OCH3 is 1. The molecule has 4 aromatic rings. The van der Waals surface area contributed by atoms with Gasteiger partial charge >= 0.3 is 5.97 Å². The number of rotatable bonds is 7. The molecule has 0 aliphatic carbocycles. The molecule has 41 heavy (non-hydrogen) atoms. The van der Waals surface area contributed by atoms with Gasteiger partial charge in [-0.25, -0.2) is 9.79 Å². The smallest absolute Gasteiger partial charge is 0.338 e. The SMILES string of the molecule is CCC1=C(C(=O)OC)[C@H](c2ccccc2)n2c(s/c(=C/c3cc(I)cc(I)c3OCc3ccc(C#N)cc3)c2=O)=N1. The number of nitriles is 1. The second-order valence-electron chi connectivity index (χ2n) is 9.10. The highest BCUT2D eigenvalue weighted by atomic mass is 127. The summed E-state index contributed by atoms with van der Waals surface area (Å²) in [5, 5.41) is 9.08. The summed E-state index contributed by atoms with van der Waals surface area (Å²) in [6, 6.07) is 22.2. The average Bonchev–Trinajstić information content (AvgIpc) is 3.30. The Morgan fingerprint density at radius 1 is 1.15 bits per heavy atom. The van der Waals surface area contributed by atoms with Crippen LogP contribution in [-0.2, 0) is 16.1 Å². The van der Waals surface area contributed by atoms with Crippen molar-refractivity contribution >= 4 is 68.6 Å². The molecule has 0 saturated carbocycles. The summed E-state index contributed by atoms with van der Waals surface area (Å²) >= 11 is 5.77. The first-order valence-corrected chi connectivity index (χ1v) is 15.6. The molecule has 0 fully saturated rings. The third-order valence-corrected chi connectivity index (χ3v) is 8.96. The van der Waals surface area contributed by atoms with E-state index >= 15 is 0 Å². The molecule has 0 N–H and O–H groups in total. The van der Waals surface area contributed by atoms with Gasteiger partial charge in [0.15, 0.2) is 4.80 Å². The molecule has 206 valence electrons. The van der Waals surface area contributed by atoms with E-state index in [0.717, 1.165) is 23.8 Å². The molecule has 1 atom stereocenters. The van der Waals surface area contributed by atoms with Crippen LogP contribution in [0.3, 0.4) is 0 Å². The van der Waals surface area contributed by atoms with Gasteiger partial charge in [0.2, 0.25) is 0 Å². The maximum absolute atomic E-state index is 14.0. The maximum Gasteiger partial charge on any atom is 0.338 e. The molecule has 0 saturated heterocycles. The van der Waals surface area contributed by atoms with E-state index in [4.69, 9.17) is 19.7 Å². The molecular weight excluding hydrogens is 764 g/mol. The molecule has 0 amide bonds. The Labute approximate surface area is 267 Å². The summed E-state index contributed by atoms with van der Waals surface area (Å²) in [6.07, 6.45) is 2.35. The molecule has 1 aliphatic rings. The van der Waals surface area contributed by atoms with Crippen LogP contribution in [0.4, 0.5) is 0 Å². The topological polar surface area (TPSA) is 93.7 Å². The number of hydrogen-bond donors (Lipinski definition) is 0. The Balaban J connectivity index is 1.64. The van der Waals surface area contributed by atoms with Crippen LogP contribution in [0.2, 0.25) is 0 Å². The van der Waals surface area contributed by atoms with Gasteiger partial charge in [-0.05, 0) is 93.1 Å². The van der Waals surface area contributed by atoms with E-state index in [1.165, 1.54) is 18.4 Å². The lowest BCUT2D eigenvalue weighted by molar-refractivity contribution is -0.136. The minimum atomic E-state index is -0.653. The summed E-state index contributed by atoms with van der Waals surface area (Å²) in [5.41, 5.74) is 3.81. The van der Waals surface area contributed by atoms with Crippen molar-refractivity contribution in [2.24, 2.45) is 4.99 Å². The van der Waals surface area contributed by atoms with E-state index in [0.29, 0.717) is 44.9 Å². The minimum Gasteiger partial charge on any atom is -0.487 e. The summed E-state index contributed by atoms with van der Waals surface area (Å²) in [7, 11) is 1.34. The van der Waals surface area contributed by atoms with Crippen LogP contribution in [0.5, 0.6) is 5.75 Å². The summed E-state index contributed by atoms with van der Waals surface area (Å²) in [4.78, 5) is 32.3. The quantitative estimate of drug-likeness (QED) is 0.184. The number of esters is 1. The molecule has 0 unspecified atom stereocenters. The lowest BCUT2D eigenvalue weighted by Crippen LogP contribution is -2.40. The molecule has 5 rings (SSSR count). The molecule has 0 spiro atoms. The molecule has 2 heterocycles. The van der Waals surface area contributed by atoms with Crippen LogP contribution in [0.15, 0.2) is 87.8 Å². The number of benzene rings is 3. The first kappa shape index (κ1) is 29.2. The molecule has 1 aromatic heterocycles. The second kappa shape index (κ2) is 12.7. The third kappa shape index (κ3) is 6.02. The number of hydrogen-bond acceptors (Lipinski definition) is 7. The minimum absolute atomic E-state index is 0.244. The number of aromatic nitrogens is 1. The van der Waals surface area contributed by atoms with E-state index in [1.54, 1.807) is 16.7 Å². The largest absolute Gasteiger partial charge is 0.487 e. The number of halogens is 2. The number of ether oxygens (including phenoxy) is 2. The number of nitrogens with zero attached hydrogens (tertiary/aromatic N) is 3. The van der Waals surface area contributed by atoms with Crippen molar-refractivity contribution in [1.82, 2.24) is 4.57 Å². The molecule has 1 aliphatic heterocycles. The highest BCUT2D eigenvalue weighted by molar-refractivity contribution is 14.1. The number of thiazole rings is 1. The Bertz CT molecular complexity index is 1890. The standard InChI is InChI=1S/C31H23I2N3O4S/c1-3-24-26(30(38)39-2)27(20-7-5-4-6-8-20)36-29(37)25(41-31(36)35-24)14-21-13-22(32)15-23(33)28(21)40-17-19-11-9-18(16-34)10-12-19/h4-15,27H,3,17H2,1-2H3/b25-14+/t27-/m0/s1. The maximum atomic E-state index is 14.0. The zero-order valence-corrected chi connectivity index (χ0v) is 27.2. The normalized spacial score (nSPS) is 14.7. The molecule has 0 radical (unpaired) electrons. The predicted molar refractivity (Wildman–Crippen MR) is 174 cm³/mol. The monoisotopic (exact) mass is 787 g/mol. The Morgan fingerprint density at radius 2 is 1.88 bits per heavy atom. The fraction of sp³-hybridized carbons (Fsp3) is 0.161. The van der Waals surface area contributed by atoms with Crippen LogP contribution in [0.1, 0.15) is 41.6 Å². The molecule has 3 aromatic carbocycles. The average molecular weight is 787 g/mol. The van der Waals surface area contributed by atoms with Crippen LogP contribution >= 0.6 is 56.5 Å². The van der Waals surface area contributed by atoms with Gasteiger partial charge in [-0.2, -0.15) is 5.26 Å². The van der Waals surface area contributed by atoms with E-state index in [9.17, 15) is 9.59 Å². The summed E-state index contributed by atoms with van der Waals surface area (Å²) in [5.74, 6) is 0.157. The van der Waals surface area contributed by atoms with Crippen LogP contribution in [-0.4, -0.2) is 17.6 Å². The van der Waals surface area contributed by atoms with E-state index in [-0.39, 0.29) is 5.56 Å². The van der Waals surface area contributed by atoms with Gasteiger partial charge in [0.25, 0.3) is 5.56 Å². The lowest BCUT2D eigenvalue weighted by Gasteiger charge is -2.25. The van der Waals surface area contributed by atoms with Crippen molar-refractivity contribution in [3.63, 3.8) is 0 Å². The lowest BCUT2D eigenvalue weighted by atomic mass is 9.95. The number of carbonyl (C=O) groups is 1. The highest BCUT2D eigenvalue weighted by Crippen LogP contribution is 2.32. The van der Waals surface area contributed by atoms with Crippen molar-refractivity contribution in [3.8, 4) is 11.8 Å². The van der Waals surface area contributed by atoms with Crippen molar-refractivity contribution in [3.05, 3.63) is 127 Å². The van der Waals surface area contributed by atoms with Crippen LogP contribution in [0, 0.1) is 18.5 Å². The zero-order valence-electron chi connectivity index (χ0n) is 22.1. The molecule has 7 nitrogen and oxygen atoms in total. The van der Waals surface area contributed by atoms with Gasteiger partial charge in [-0.15, -0.1) is 0 Å². The number of carbonyl (C=O) groups excluding carboxylic acids is 1. The van der Waals surface area contributed by atoms with Crippen molar-refractivity contribution in [1.29, 1.82) is 5.26 Å². The number of fused-ring (bicyclic) bond motifs is 1. The zero-order chi connectivity index (χ0) is 29.1.